The Balaban J connectivity index is 2.02. The van der Waals surface area contributed by atoms with Gasteiger partial charge < -0.3 is 9.84 Å². The highest BCUT2D eigenvalue weighted by molar-refractivity contribution is 5.68. The Hall–Kier alpha value is -0.830. The van der Waals surface area contributed by atoms with Gasteiger partial charge in [0, 0.05) is 5.41 Å². The molecule has 1 saturated carbocycles. The molecule has 130 valence electrons. The van der Waals surface area contributed by atoms with E-state index in [1.165, 1.54) is 24.8 Å². The summed E-state index contributed by atoms with van der Waals surface area (Å²) in [5.74, 6) is -0.146. The van der Waals surface area contributed by atoms with Gasteiger partial charge in [0.25, 0.3) is 0 Å². The second kappa shape index (κ2) is 5.08. The number of rotatable bonds is 2. The lowest BCUT2D eigenvalue weighted by Crippen LogP contribution is -2.59. The summed E-state index contributed by atoms with van der Waals surface area (Å²) >= 11 is 0. The second-order valence-corrected chi connectivity index (χ2v) is 9.38. The summed E-state index contributed by atoms with van der Waals surface area (Å²) in [5.41, 5.74) is 0.976. The molecule has 0 radical (unpaired) electrons. The fourth-order valence-corrected chi connectivity index (χ4v) is 6.18. The average Bonchev–Trinajstić information content (AvgIpc) is 2.74. The van der Waals surface area contributed by atoms with Crippen molar-refractivity contribution in [1.29, 1.82) is 0 Å². The molecule has 0 aromatic rings. The molecule has 3 nitrogen and oxygen atoms in total. The first kappa shape index (κ1) is 17.0. The van der Waals surface area contributed by atoms with Gasteiger partial charge in [-0.1, -0.05) is 33.3 Å². The number of hydrogen-bond acceptors (Lipinski definition) is 2. The molecule has 2 aliphatic carbocycles. The van der Waals surface area contributed by atoms with Gasteiger partial charge in [0.2, 0.25) is 0 Å². The van der Waals surface area contributed by atoms with E-state index in [4.69, 9.17) is 4.74 Å². The van der Waals surface area contributed by atoms with Crippen molar-refractivity contribution in [3.8, 4) is 0 Å². The van der Waals surface area contributed by atoms with E-state index in [-0.39, 0.29) is 17.4 Å². The summed E-state index contributed by atoms with van der Waals surface area (Å²) in [6.45, 7) is 11.4. The maximum atomic E-state index is 11.3. The molecule has 1 spiro atoms. The Labute approximate surface area is 140 Å². The molecule has 0 aromatic carbocycles. The molecule has 1 aliphatic heterocycles. The molecular formula is C20H32O3. The Morgan fingerprint density at radius 3 is 2.57 bits per heavy atom. The first-order chi connectivity index (χ1) is 10.5. The van der Waals surface area contributed by atoms with E-state index in [2.05, 4.69) is 33.8 Å². The number of carbonyl (C=O) groups is 1. The van der Waals surface area contributed by atoms with Crippen LogP contribution in [0.15, 0.2) is 11.6 Å². The Kier molecular flexibility index (Phi) is 3.76. The van der Waals surface area contributed by atoms with E-state index in [1.807, 2.05) is 6.92 Å². The molecule has 3 heteroatoms. The minimum atomic E-state index is -0.757. The molecule has 3 rings (SSSR count). The van der Waals surface area contributed by atoms with Crippen LogP contribution >= 0.6 is 0 Å². The molecular weight excluding hydrogens is 288 g/mol. The minimum Gasteiger partial charge on any atom is -0.481 e. The van der Waals surface area contributed by atoms with Crippen LogP contribution in [0.2, 0.25) is 0 Å². The van der Waals surface area contributed by atoms with Crippen LogP contribution in [0.4, 0.5) is 0 Å². The topological polar surface area (TPSA) is 46.5 Å². The van der Waals surface area contributed by atoms with Crippen molar-refractivity contribution < 1.29 is 14.6 Å². The number of hydrogen-bond donors (Lipinski definition) is 1. The van der Waals surface area contributed by atoms with Crippen LogP contribution in [0, 0.1) is 16.7 Å². The van der Waals surface area contributed by atoms with Gasteiger partial charge in [0.05, 0.1) is 17.6 Å². The molecule has 0 amide bonds. The third-order valence-electron chi connectivity index (χ3n) is 7.40. The first-order valence-corrected chi connectivity index (χ1v) is 9.14. The summed E-state index contributed by atoms with van der Waals surface area (Å²) in [4.78, 5) is 11.3. The van der Waals surface area contributed by atoms with Gasteiger partial charge in [-0.25, -0.2) is 0 Å². The van der Waals surface area contributed by atoms with Crippen LogP contribution in [0.1, 0.15) is 79.6 Å². The first-order valence-electron chi connectivity index (χ1n) is 9.14. The fraction of sp³-hybridized carbons (Fsp3) is 0.850. The molecule has 0 bridgehead atoms. The lowest BCUT2D eigenvalue weighted by atomic mass is 9.46. The van der Waals surface area contributed by atoms with Crippen LogP contribution in [0.25, 0.3) is 0 Å². The van der Waals surface area contributed by atoms with Crippen LogP contribution in [0.3, 0.4) is 0 Å². The van der Waals surface area contributed by atoms with Crippen molar-refractivity contribution >= 4 is 5.97 Å². The molecule has 2 fully saturated rings. The molecule has 1 N–H and O–H groups in total. The highest BCUT2D eigenvalue weighted by Crippen LogP contribution is 2.66. The molecule has 1 heterocycles. The van der Waals surface area contributed by atoms with Crippen LogP contribution < -0.4 is 0 Å². The zero-order chi connectivity index (χ0) is 17.1. The number of allylic oxidation sites excluding steroid dienone is 1. The number of carboxylic acid groups (broad SMARTS) is 1. The van der Waals surface area contributed by atoms with Gasteiger partial charge in [-0.15, -0.1) is 0 Å². The van der Waals surface area contributed by atoms with E-state index in [0.29, 0.717) is 11.3 Å². The lowest BCUT2D eigenvalue weighted by Gasteiger charge is -2.61. The van der Waals surface area contributed by atoms with E-state index in [1.54, 1.807) is 0 Å². The largest absolute Gasteiger partial charge is 0.481 e. The highest BCUT2D eigenvalue weighted by atomic mass is 16.5. The second-order valence-electron chi connectivity index (χ2n) is 9.38. The van der Waals surface area contributed by atoms with E-state index in [9.17, 15) is 9.90 Å². The molecule has 4 atom stereocenters. The predicted octanol–water partition coefficient (Wildman–Crippen LogP) is 4.95. The van der Waals surface area contributed by atoms with Crippen molar-refractivity contribution in [2.45, 2.75) is 90.8 Å². The predicted molar refractivity (Wildman–Crippen MR) is 91.3 cm³/mol. The number of fused-ring (bicyclic) bond motifs is 2. The molecule has 23 heavy (non-hydrogen) atoms. The summed E-state index contributed by atoms with van der Waals surface area (Å²) in [6.07, 6.45) is 9.13. The Bertz CT molecular complexity index is 549. The van der Waals surface area contributed by atoms with Crippen molar-refractivity contribution in [3.05, 3.63) is 11.6 Å². The van der Waals surface area contributed by atoms with Gasteiger partial charge >= 0.3 is 5.97 Å². The van der Waals surface area contributed by atoms with Gasteiger partial charge in [-0.3, -0.25) is 4.79 Å². The maximum Gasteiger partial charge on any atom is 0.306 e. The monoisotopic (exact) mass is 320 g/mol. The zero-order valence-corrected chi connectivity index (χ0v) is 15.4. The minimum absolute atomic E-state index is 0.103. The summed E-state index contributed by atoms with van der Waals surface area (Å²) in [6, 6.07) is 0. The number of aliphatic carboxylic acids is 1. The quantitative estimate of drug-likeness (QED) is 0.732. The van der Waals surface area contributed by atoms with Gasteiger partial charge in [0.1, 0.15) is 0 Å². The van der Waals surface area contributed by atoms with E-state index >= 15 is 0 Å². The third kappa shape index (κ3) is 2.38. The Morgan fingerprint density at radius 2 is 1.91 bits per heavy atom. The lowest BCUT2D eigenvalue weighted by molar-refractivity contribution is -0.193. The molecule has 3 aliphatic rings. The van der Waals surface area contributed by atoms with Crippen molar-refractivity contribution in [3.63, 3.8) is 0 Å². The highest BCUT2D eigenvalue weighted by Gasteiger charge is 2.64. The third-order valence-corrected chi connectivity index (χ3v) is 7.40. The maximum absolute atomic E-state index is 11.3. The van der Waals surface area contributed by atoms with Crippen molar-refractivity contribution in [2.24, 2.45) is 16.7 Å². The van der Waals surface area contributed by atoms with Gasteiger partial charge in [-0.05, 0) is 62.9 Å². The smallest absolute Gasteiger partial charge is 0.306 e. The molecule has 0 unspecified atom stereocenters. The summed E-state index contributed by atoms with van der Waals surface area (Å²) in [7, 11) is 0. The number of ether oxygens (including phenoxy) is 1. The van der Waals surface area contributed by atoms with Crippen molar-refractivity contribution in [1.82, 2.24) is 0 Å². The van der Waals surface area contributed by atoms with Crippen LogP contribution in [0.5, 0.6) is 0 Å². The Morgan fingerprint density at radius 1 is 1.22 bits per heavy atom. The van der Waals surface area contributed by atoms with E-state index in [0.717, 1.165) is 19.3 Å². The van der Waals surface area contributed by atoms with Crippen molar-refractivity contribution in [2.75, 3.05) is 0 Å². The number of carboxylic acids is 1. The van der Waals surface area contributed by atoms with Gasteiger partial charge in [-0.2, -0.15) is 0 Å². The van der Waals surface area contributed by atoms with Crippen LogP contribution in [-0.4, -0.2) is 22.3 Å². The standard InChI is InChI=1S/C20H32O3/c1-14-7-8-15-17(2,3)9-6-10-19(15,5)20(14)12-11-18(4,23-20)13-16(21)22/h7,15H,6,8-13H2,1-5H3,(H,21,22)/t15-,18-,19-,20+/m1/s1. The normalized spacial score (nSPS) is 45.6. The molecule has 0 aromatic heterocycles. The van der Waals surface area contributed by atoms with Gasteiger partial charge in [0.15, 0.2) is 0 Å². The SMILES string of the molecule is CC1=CC[C@@H]2C(C)(C)CCC[C@@]2(C)[C@]12CC[C@](C)(CC(=O)O)O2. The zero-order valence-electron chi connectivity index (χ0n) is 15.4. The fourth-order valence-electron chi connectivity index (χ4n) is 6.18. The van der Waals surface area contributed by atoms with E-state index < -0.39 is 11.6 Å². The summed E-state index contributed by atoms with van der Waals surface area (Å²) in [5, 5.41) is 9.28. The summed E-state index contributed by atoms with van der Waals surface area (Å²) < 4.78 is 6.72. The average molecular weight is 320 g/mol. The molecule has 1 saturated heterocycles. The van der Waals surface area contributed by atoms with Crippen LogP contribution in [-0.2, 0) is 9.53 Å².